The number of likely N-dealkylation sites (N-methyl/N-ethyl adjacent to an activating group) is 1. The first kappa shape index (κ1) is 14.5. The van der Waals surface area contributed by atoms with E-state index in [0.717, 1.165) is 23.1 Å². The Hall–Kier alpha value is -1.53. The second kappa shape index (κ2) is 6.42. The van der Waals surface area contributed by atoms with Crippen LogP contribution in [0.3, 0.4) is 0 Å². The van der Waals surface area contributed by atoms with Crippen molar-refractivity contribution in [3.05, 3.63) is 35.4 Å². The van der Waals surface area contributed by atoms with E-state index in [0.29, 0.717) is 0 Å². The maximum Gasteiger partial charge on any atom is 0.256 e. The molecule has 0 aromatic heterocycles. The molecule has 6 heteroatoms. The van der Waals surface area contributed by atoms with Crippen LogP contribution in [0.1, 0.15) is 10.4 Å². The van der Waals surface area contributed by atoms with Crippen molar-refractivity contribution < 1.29 is 23.4 Å². The average Bonchev–Trinajstić information content (AvgIpc) is 2.31. The lowest BCUT2D eigenvalue weighted by molar-refractivity contribution is 0.0378. The molecule has 0 aliphatic heterocycles. The lowest BCUT2D eigenvalue weighted by atomic mass is 10.1. The zero-order valence-corrected chi connectivity index (χ0v) is 10.2. The molecule has 1 aromatic carbocycles. The second-order valence-corrected chi connectivity index (χ2v) is 3.92. The molecule has 1 aromatic rings. The van der Waals surface area contributed by atoms with E-state index in [2.05, 4.69) is 0 Å². The van der Waals surface area contributed by atoms with Gasteiger partial charge >= 0.3 is 0 Å². The van der Waals surface area contributed by atoms with Gasteiger partial charge in [-0.25, -0.2) is 8.78 Å². The van der Waals surface area contributed by atoms with Gasteiger partial charge in [0.05, 0.1) is 18.3 Å². The number of rotatable bonds is 5. The lowest BCUT2D eigenvalue weighted by Crippen LogP contribution is -2.36. The van der Waals surface area contributed by atoms with E-state index >= 15 is 0 Å². The molecule has 0 radical (unpaired) electrons. The maximum atomic E-state index is 13.4. The predicted octanol–water partition coefficient (Wildman–Crippen LogP) is 1.04. The first-order valence-corrected chi connectivity index (χ1v) is 5.33. The van der Waals surface area contributed by atoms with Crippen LogP contribution in [-0.2, 0) is 4.74 Å². The largest absolute Gasteiger partial charge is 0.389 e. The molecule has 1 amide bonds. The molecule has 0 spiro atoms. The monoisotopic (exact) mass is 259 g/mol. The van der Waals surface area contributed by atoms with Crippen molar-refractivity contribution in [2.24, 2.45) is 0 Å². The van der Waals surface area contributed by atoms with Gasteiger partial charge in [-0.3, -0.25) is 4.79 Å². The summed E-state index contributed by atoms with van der Waals surface area (Å²) in [5.41, 5.74) is -0.359. The quantitative estimate of drug-likeness (QED) is 0.859. The molecular formula is C12H15F2NO3. The van der Waals surface area contributed by atoms with Crippen LogP contribution in [0, 0.1) is 11.6 Å². The molecule has 100 valence electrons. The van der Waals surface area contributed by atoms with Gasteiger partial charge in [0.2, 0.25) is 0 Å². The number of carbonyl (C=O) groups excluding carboxylic acids is 1. The molecule has 0 saturated carbocycles. The zero-order chi connectivity index (χ0) is 13.7. The minimum absolute atomic E-state index is 0.0252. The summed E-state index contributed by atoms with van der Waals surface area (Å²) in [5.74, 6) is -2.18. The van der Waals surface area contributed by atoms with Crippen molar-refractivity contribution >= 4 is 5.91 Å². The summed E-state index contributed by atoms with van der Waals surface area (Å²) in [6.07, 6.45) is -0.874. The van der Waals surface area contributed by atoms with Crippen LogP contribution >= 0.6 is 0 Å². The van der Waals surface area contributed by atoms with Crippen molar-refractivity contribution in [1.82, 2.24) is 4.90 Å². The summed E-state index contributed by atoms with van der Waals surface area (Å²) in [5, 5.41) is 9.45. The van der Waals surface area contributed by atoms with Gasteiger partial charge in [0.15, 0.2) is 0 Å². The fourth-order valence-corrected chi connectivity index (χ4v) is 1.51. The highest BCUT2D eigenvalue weighted by Crippen LogP contribution is 2.12. The first-order chi connectivity index (χ1) is 8.45. The Balaban J connectivity index is 2.77. The molecule has 0 fully saturated rings. The van der Waals surface area contributed by atoms with Gasteiger partial charge in [0, 0.05) is 20.7 Å². The lowest BCUT2D eigenvalue weighted by Gasteiger charge is -2.20. The van der Waals surface area contributed by atoms with Gasteiger partial charge in [-0.15, -0.1) is 0 Å². The van der Waals surface area contributed by atoms with Crippen molar-refractivity contribution in [2.45, 2.75) is 6.10 Å². The van der Waals surface area contributed by atoms with E-state index in [1.807, 2.05) is 0 Å². The van der Waals surface area contributed by atoms with Crippen molar-refractivity contribution in [3.8, 4) is 0 Å². The highest BCUT2D eigenvalue weighted by Gasteiger charge is 2.19. The fourth-order valence-electron chi connectivity index (χ4n) is 1.51. The molecule has 0 bridgehead atoms. The van der Waals surface area contributed by atoms with E-state index in [4.69, 9.17) is 4.74 Å². The van der Waals surface area contributed by atoms with Crippen LogP contribution in [0.5, 0.6) is 0 Å². The molecule has 0 saturated heterocycles. The fraction of sp³-hybridized carbons (Fsp3) is 0.417. The Morgan fingerprint density at radius 3 is 2.78 bits per heavy atom. The zero-order valence-electron chi connectivity index (χ0n) is 10.2. The number of methoxy groups -OCH3 is 1. The van der Waals surface area contributed by atoms with Crippen molar-refractivity contribution in [1.29, 1.82) is 0 Å². The maximum absolute atomic E-state index is 13.4. The minimum Gasteiger partial charge on any atom is -0.389 e. The van der Waals surface area contributed by atoms with Crippen LogP contribution in [0.25, 0.3) is 0 Å². The van der Waals surface area contributed by atoms with E-state index in [1.54, 1.807) is 0 Å². The van der Waals surface area contributed by atoms with Gasteiger partial charge in [0.1, 0.15) is 11.6 Å². The Bertz CT molecular complexity index is 426. The van der Waals surface area contributed by atoms with E-state index < -0.39 is 23.6 Å². The number of amides is 1. The number of carbonyl (C=O) groups is 1. The molecule has 1 atom stereocenters. The first-order valence-electron chi connectivity index (χ1n) is 5.33. The topological polar surface area (TPSA) is 49.8 Å². The van der Waals surface area contributed by atoms with Gasteiger partial charge in [-0.05, 0) is 18.2 Å². The highest BCUT2D eigenvalue weighted by molar-refractivity contribution is 5.94. The van der Waals surface area contributed by atoms with E-state index in [1.165, 1.54) is 14.2 Å². The van der Waals surface area contributed by atoms with Crippen LogP contribution in [0.15, 0.2) is 18.2 Å². The Morgan fingerprint density at radius 2 is 2.17 bits per heavy atom. The number of halogens is 2. The van der Waals surface area contributed by atoms with Crippen LogP contribution in [0.4, 0.5) is 8.78 Å². The molecule has 4 nitrogen and oxygen atoms in total. The number of aliphatic hydroxyl groups excluding tert-OH is 1. The summed E-state index contributed by atoms with van der Waals surface area (Å²) in [4.78, 5) is 12.9. The van der Waals surface area contributed by atoms with Crippen LogP contribution in [0.2, 0.25) is 0 Å². The third-order valence-corrected chi connectivity index (χ3v) is 2.35. The summed E-state index contributed by atoms with van der Waals surface area (Å²) in [6, 6.07) is 2.66. The van der Waals surface area contributed by atoms with Crippen molar-refractivity contribution in [3.63, 3.8) is 0 Å². The average molecular weight is 259 g/mol. The highest BCUT2D eigenvalue weighted by atomic mass is 19.1. The third-order valence-electron chi connectivity index (χ3n) is 2.35. The third kappa shape index (κ3) is 3.75. The number of benzene rings is 1. The number of ether oxygens (including phenoxy) is 1. The Labute approximate surface area is 104 Å². The van der Waals surface area contributed by atoms with Crippen LogP contribution in [-0.4, -0.2) is 49.3 Å². The standard InChI is InChI=1S/C12H15F2NO3/c1-15(6-9(16)7-18-2)12(17)10-5-8(13)3-4-11(10)14/h3-5,9,16H,6-7H2,1-2H3. The summed E-state index contributed by atoms with van der Waals surface area (Å²) in [6.45, 7) is 0.0336. The normalized spacial score (nSPS) is 12.3. The number of nitrogens with zero attached hydrogens (tertiary/aromatic N) is 1. The molecule has 18 heavy (non-hydrogen) atoms. The Morgan fingerprint density at radius 1 is 1.50 bits per heavy atom. The Kier molecular flexibility index (Phi) is 5.18. The molecule has 1 N–H and O–H groups in total. The van der Waals surface area contributed by atoms with Gasteiger partial charge < -0.3 is 14.7 Å². The summed E-state index contributed by atoms with van der Waals surface area (Å²) in [7, 11) is 2.81. The van der Waals surface area contributed by atoms with E-state index in [-0.39, 0.29) is 18.7 Å². The van der Waals surface area contributed by atoms with Gasteiger partial charge in [-0.2, -0.15) is 0 Å². The molecule has 1 unspecified atom stereocenters. The van der Waals surface area contributed by atoms with Gasteiger partial charge in [-0.1, -0.05) is 0 Å². The summed E-state index contributed by atoms with van der Waals surface area (Å²) >= 11 is 0. The minimum atomic E-state index is -0.874. The van der Waals surface area contributed by atoms with Crippen molar-refractivity contribution in [2.75, 3.05) is 27.3 Å². The molecule has 1 rings (SSSR count). The number of hydrogen-bond acceptors (Lipinski definition) is 3. The van der Waals surface area contributed by atoms with Gasteiger partial charge in [0.25, 0.3) is 5.91 Å². The molecule has 0 aliphatic rings. The smallest absolute Gasteiger partial charge is 0.256 e. The molecule has 0 aliphatic carbocycles. The van der Waals surface area contributed by atoms with Crippen LogP contribution < -0.4 is 0 Å². The summed E-state index contributed by atoms with van der Waals surface area (Å²) < 4.78 is 31.0. The second-order valence-electron chi connectivity index (χ2n) is 3.92. The number of hydrogen-bond donors (Lipinski definition) is 1. The number of aliphatic hydroxyl groups is 1. The SMILES string of the molecule is COCC(O)CN(C)C(=O)c1cc(F)ccc1F. The molecular weight excluding hydrogens is 244 g/mol. The predicted molar refractivity (Wildman–Crippen MR) is 61.2 cm³/mol. The van der Waals surface area contributed by atoms with E-state index in [9.17, 15) is 18.7 Å². The molecule has 0 heterocycles.